The number of carboxylic acid groups (broad SMARTS) is 1. The monoisotopic (exact) mass is 327 g/mol. The van der Waals surface area contributed by atoms with Gasteiger partial charge in [-0.25, -0.2) is 4.98 Å². The molecular weight excluding hydrogens is 306 g/mol. The lowest BCUT2D eigenvalue weighted by Gasteiger charge is -2.16. The number of aromatic nitrogens is 2. The lowest BCUT2D eigenvalue weighted by molar-refractivity contribution is -0.142. The average molecular weight is 327 g/mol. The Balaban J connectivity index is 1.91. The lowest BCUT2D eigenvalue weighted by atomic mass is 9.99. The van der Waals surface area contributed by atoms with E-state index in [1.807, 2.05) is 49.6 Å². The van der Waals surface area contributed by atoms with Crippen LogP contribution >= 0.6 is 0 Å². The number of hydrogen-bond acceptors (Lipinski definition) is 3. The Morgan fingerprint density at radius 2 is 2.00 bits per heavy atom. The molecule has 126 valence electrons. The van der Waals surface area contributed by atoms with Crippen molar-refractivity contribution >= 4 is 11.9 Å². The van der Waals surface area contributed by atoms with Crippen LogP contribution in [-0.2, 0) is 4.79 Å². The largest absolute Gasteiger partial charge is 0.481 e. The second-order valence-electron chi connectivity index (χ2n) is 6.44. The van der Waals surface area contributed by atoms with Crippen molar-refractivity contribution in [2.75, 3.05) is 13.1 Å². The number of hydrogen-bond donors (Lipinski definition) is 1. The highest BCUT2D eigenvalue weighted by molar-refractivity contribution is 5.96. The highest BCUT2D eigenvalue weighted by Gasteiger charge is 2.38. The van der Waals surface area contributed by atoms with E-state index >= 15 is 0 Å². The normalized spacial score (nSPS) is 20.4. The molecule has 1 N–H and O–H groups in total. The Morgan fingerprint density at radius 3 is 2.58 bits per heavy atom. The number of rotatable bonds is 3. The van der Waals surface area contributed by atoms with E-state index in [4.69, 9.17) is 0 Å². The van der Waals surface area contributed by atoms with E-state index in [0.717, 1.165) is 17.2 Å². The Labute approximate surface area is 140 Å². The first kappa shape index (κ1) is 16.2. The molecule has 0 aromatic carbocycles. The molecule has 0 aliphatic carbocycles. The summed E-state index contributed by atoms with van der Waals surface area (Å²) in [4.78, 5) is 30.1. The maximum Gasteiger partial charge on any atom is 0.308 e. The minimum Gasteiger partial charge on any atom is -0.481 e. The molecule has 3 heterocycles. The fraction of sp³-hybridized carbons (Fsp3) is 0.389. The Hall–Kier alpha value is -2.63. The molecule has 2 atom stereocenters. The maximum atomic E-state index is 12.9. The third-order valence-corrected chi connectivity index (χ3v) is 4.76. The van der Waals surface area contributed by atoms with Crippen molar-refractivity contribution in [2.45, 2.75) is 20.8 Å². The van der Waals surface area contributed by atoms with Crippen LogP contribution in [0.25, 0.3) is 5.82 Å². The van der Waals surface area contributed by atoms with Crippen LogP contribution in [0.2, 0.25) is 0 Å². The third kappa shape index (κ3) is 2.68. The second kappa shape index (κ2) is 6.11. The number of carboxylic acids is 1. The lowest BCUT2D eigenvalue weighted by Crippen LogP contribution is -2.30. The van der Waals surface area contributed by atoms with Crippen molar-refractivity contribution in [1.82, 2.24) is 14.5 Å². The predicted molar refractivity (Wildman–Crippen MR) is 89.2 cm³/mol. The van der Waals surface area contributed by atoms with E-state index in [9.17, 15) is 14.7 Å². The van der Waals surface area contributed by atoms with Gasteiger partial charge >= 0.3 is 5.97 Å². The predicted octanol–water partition coefficient (Wildman–Crippen LogP) is 2.28. The summed E-state index contributed by atoms with van der Waals surface area (Å²) in [6.45, 7) is 6.45. The molecule has 2 aromatic heterocycles. The van der Waals surface area contributed by atoms with Gasteiger partial charge in [0.1, 0.15) is 5.82 Å². The van der Waals surface area contributed by atoms with Gasteiger partial charge in [0.2, 0.25) is 0 Å². The van der Waals surface area contributed by atoms with Crippen molar-refractivity contribution in [3.05, 3.63) is 47.4 Å². The van der Waals surface area contributed by atoms with Gasteiger partial charge in [0, 0.05) is 30.7 Å². The van der Waals surface area contributed by atoms with Gasteiger partial charge in [-0.1, -0.05) is 13.0 Å². The molecule has 6 nitrogen and oxygen atoms in total. The molecule has 3 rings (SSSR count). The van der Waals surface area contributed by atoms with Gasteiger partial charge in [-0.3, -0.25) is 9.59 Å². The van der Waals surface area contributed by atoms with Crippen molar-refractivity contribution in [3.8, 4) is 5.82 Å². The molecule has 0 bridgehead atoms. The topological polar surface area (TPSA) is 75.4 Å². The molecule has 1 saturated heterocycles. The first-order chi connectivity index (χ1) is 11.4. The van der Waals surface area contributed by atoms with Gasteiger partial charge in [-0.2, -0.15) is 0 Å². The molecule has 0 radical (unpaired) electrons. The van der Waals surface area contributed by atoms with E-state index < -0.39 is 11.9 Å². The first-order valence-electron chi connectivity index (χ1n) is 8.02. The summed E-state index contributed by atoms with van der Waals surface area (Å²) in [5, 5.41) is 9.25. The molecule has 24 heavy (non-hydrogen) atoms. The van der Waals surface area contributed by atoms with E-state index in [-0.39, 0.29) is 18.4 Å². The number of nitrogens with zero attached hydrogens (tertiary/aromatic N) is 3. The fourth-order valence-electron chi connectivity index (χ4n) is 3.44. The van der Waals surface area contributed by atoms with Crippen LogP contribution in [0, 0.1) is 25.7 Å². The number of aliphatic carboxylic acids is 1. The van der Waals surface area contributed by atoms with Gasteiger partial charge in [0.05, 0.1) is 11.5 Å². The Bertz CT molecular complexity index is 782. The molecule has 6 heteroatoms. The second-order valence-corrected chi connectivity index (χ2v) is 6.44. The summed E-state index contributed by atoms with van der Waals surface area (Å²) in [5.41, 5.74) is 2.36. The van der Waals surface area contributed by atoms with Crippen molar-refractivity contribution in [1.29, 1.82) is 0 Å². The number of carbonyl (C=O) groups excluding carboxylic acids is 1. The summed E-state index contributed by atoms with van der Waals surface area (Å²) in [6.07, 6.45) is 1.72. The SMILES string of the molecule is Cc1cc(C(=O)N2C[C@@H](C)[C@H](C(=O)O)C2)c(C)n1-c1ccccn1. The van der Waals surface area contributed by atoms with Crippen LogP contribution in [0.1, 0.15) is 28.7 Å². The van der Waals surface area contributed by atoms with Crippen LogP contribution in [0.4, 0.5) is 0 Å². The smallest absolute Gasteiger partial charge is 0.308 e. The summed E-state index contributed by atoms with van der Waals surface area (Å²) in [7, 11) is 0. The van der Waals surface area contributed by atoms with E-state index in [1.165, 1.54) is 0 Å². The zero-order valence-corrected chi connectivity index (χ0v) is 14.1. The molecule has 0 unspecified atom stereocenters. The summed E-state index contributed by atoms with van der Waals surface area (Å²) >= 11 is 0. The molecule has 0 spiro atoms. The number of amides is 1. The minimum absolute atomic E-state index is 0.0364. The molecular formula is C18H21N3O3. The third-order valence-electron chi connectivity index (χ3n) is 4.76. The van der Waals surface area contributed by atoms with Crippen LogP contribution in [0.3, 0.4) is 0 Å². The quantitative estimate of drug-likeness (QED) is 0.938. The molecule has 1 amide bonds. The van der Waals surface area contributed by atoms with Crippen molar-refractivity contribution < 1.29 is 14.7 Å². The average Bonchev–Trinajstić information content (AvgIpc) is 3.08. The van der Waals surface area contributed by atoms with Gasteiger partial charge in [0.15, 0.2) is 0 Å². The van der Waals surface area contributed by atoms with E-state index in [0.29, 0.717) is 12.1 Å². The van der Waals surface area contributed by atoms with E-state index in [1.54, 1.807) is 11.1 Å². The summed E-state index contributed by atoms with van der Waals surface area (Å²) in [6, 6.07) is 7.50. The zero-order valence-electron chi connectivity index (χ0n) is 14.1. The number of aryl methyl sites for hydroxylation is 1. The van der Waals surface area contributed by atoms with Crippen LogP contribution in [0.5, 0.6) is 0 Å². The first-order valence-corrected chi connectivity index (χ1v) is 8.02. The molecule has 1 aliphatic rings. The van der Waals surface area contributed by atoms with Gasteiger partial charge < -0.3 is 14.6 Å². The molecule has 1 aliphatic heterocycles. The van der Waals surface area contributed by atoms with Gasteiger partial charge in [0.25, 0.3) is 5.91 Å². The number of carbonyl (C=O) groups is 2. The van der Waals surface area contributed by atoms with Crippen LogP contribution in [0.15, 0.2) is 30.5 Å². The molecule has 2 aromatic rings. The highest BCUT2D eigenvalue weighted by Crippen LogP contribution is 2.27. The standard InChI is InChI=1S/C18H21N3O3/c1-11-9-20(10-15(11)18(23)24)17(22)14-8-12(2)21(13(14)3)16-6-4-5-7-19-16/h4-8,11,15H,9-10H2,1-3H3,(H,23,24)/t11-,15-/m1/s1. The molecule has 0 saturated carbocycles. The van der Waals surface area contributed by atoms with Crippen molar-refractivity contribution in [2.24, 2.45) is 11.8 Å². The summed E-state index contributed by atoms with van der Waals surface area (Å²) < 4.78 is 1.95. The number of pyridine rings is 1. The van der Waals surface area contributed by atoms with Gasteiger partial charge in [-0.05, 0) is 38.0 Å². The van der Waals surface area contributed by atoms with Gasteiger partial charge in [-0.15, -0.1) is 0 Å². The Kier molecular flexibility index (Phi) is 4.13. The number of likely N-dealkylation sites (tertiary alicyclic amines) is 1. The fourth-order valence-corrected chi connectivity index (χ4v) is 3.44. The minimum atomic E-state index is -0.836. The van der Waals surface area contributed by atoms with Crippen molar-refractivity contribution in [3.63, 3.8) is 0 Å². The summed E-state index contributed by atoms with van der Waals surface area (Å²) in [5.74, 6) is -0.707. The highest BCUT2D eigenvalue weighted by atomic mass is 16.4. The van der Waals surface area contributed by atoms with Crippen LogP contribution < -0.4 is 0 Å². The maximum absolute atomic E-state index is 12.9. The zero-order chi connectivity index (χ0) is 17.4. The molecule has 1 fully saturated rings. The van der Waals surface area contributed by atoms with E-state index in [2.05, 4.69) is 4.98 Å². The Morgan fingerprint density at radius 1 is 1.25 bits per heavy atom. The van der Waals surface area contributed by atoms with Crippen LogP contribution in [-0.4, -0.2) is 44.5 Å².